The summed E-state index contributed by atoms with van der Waals surface area (Å²) in [5.41, 5.74) is 5.71. The quantitative estimate of drug-likeness (QED) is 0.332. The van der Waals surface area contributed by atoms with Gasteiger partial charge in [0.1, 0.15) is 18.1 Å². The third-order valence-corrected chi connectivity index (χ3v) is 5.16. The van der Waals surface area contributed by atoms with Gasteiger partial charge in [-0.2, -0.15) is 5.10 Å². The Labute approximate surface area is 195 Å². The summed E-state index contributed by atoms with van der Waals surface area (Å²) >= 11 is 0. The first-order valence-electron chi connectivity index (χ1n) is 11.2. The van der Waals surface area contributed by atoms with E-state index < -0.39 is 6.10 Å². The van der Waals surface area contributed by atoms with Crippen molar-refractivity contribution in [2.24, 2.45) is 5.10 Å². The highest BCUT2D eigenvalue weighted by atomic mass is 16.5. The number of carbonyl (C=O) groups is 1. The van der Waals surface area contributed by atoms with E-state index in [0.29, 0.717) is 12.4 Å². The molecule has 1 atom stereocenters. The predicted octanol–water partition coefficient (Wildman–Crippen LogP) is 5.03. The molecule has 172 valence electrons. The average molecular weight is 446 g/mol. The number of hydrazone groups is 1. The second-order valence-electron chi connectivity index (χ2n) is 7.50. The zero-order valence-corrected chi connectivity index (χ0v) is 19.4. The fourth-order valence-electron chi connectivity index (χ4n) is 3.23. The van der Waals surface area contributed by atoms with Crippen molar-refractivity contribution in [2.75, 3.05) is 18.0 Å². The van der Waals surface area contributed by atoms with Gasteiger partial charge in [0.25, 0.3) is 5.91 Å². The molecule has 3 aromatic carbocycles. The normalized spacial score (nSPS) is 11.7. The number of rotatable bonds is 11. The molecule has 6 nitrogen and oxygen atoms in total. The van der Waals surface area contributed by atoms with Crippen LogP contribution in [0.3, 0.4) is 0 Å². The molecule has 1 amide bonds. The topological polar surface area (TPSA) is 63.2 Å². The Balaban J connectivity index is 1.45. The molecule has 3 rings (SSSR count). The number of nitrogens with one attached hydrogen (secondary N) is 1. The van der Waals surface area contributed by atoms with Crippen molar-refractivity contribution < 1.29 is 14.3 Å². The van der Waals surface area contributed by atoms with Crippen molar-refractivity contribution in [1.29, 1.82) is 0 Å². The molecule has 0 bridgehead atoms. The van der Waals surface area contributed by atoms with Crippen molar-refractivity contribution in [2.45, 2.75) is 33.5 Å². The summed E-state index contributed by atoms with van der Waals surface area (Å²) in [6.07, 6.45) is 0.929. The number of hydrogen-bond donors (Lipinski definition) is 1. The summed E-state index contributed by atoms with van der Waals surface area (Å²) in [5, 5.41) is 4.05. The number of ether oxygens (including phenoxy) is 2. The van der Waals surface area contributed by atoms with E-state index in [1.807, 2.05) is 54.6 Å². The summed E-state index contributed by atoms with van der Waals surface area (Å²) < 4.78 is 11.5. The highest BCUT2D eigenvalue weighted by molar-refractivity contribution is 5.84. The number of benzene rings is 3. The Kier molecular flexibility index (Phi) is 8.88. The minimum absolute atomic E-state index is 0.324. The molecule has 0 spiro atoms. The average Bonchev–Trinajstić information content (AvgIpc) is 2.86. The SMILES string of the molecule is CCN(CC)c1ccc(/C=N\NC(=O)[C@@H](C)Oc2ccc(OCc3ccccc3)cc2)cc1. The number of amides is 1. The third kappa shape index (κ3) is 7.38. The Hall–Kier alpha value is -3.80. The maximum atomic E-state index is 12.3. The van der Waals surface area contributed by atoms with Gasteiger partial charge < -0.3 is 14.4 Å². The molecule has 0 aliphatic heterocycles. The highest BCUT2D eigenvalue weighted by Crippen LogP contribution is 2.20. The van der Waals surface area contributed by atoms with Crippen LogP contribution in [-0.2, 0) is 11.4 Å². The predicted molar refractivity (Wildman–Crippen MR) is 133 cm³/mol. The lowest BCUT2D eigenvalue weighted by Gasteiger charge is -2.20. The van der Waals surface area contributed by atoms with Crippen LogP contribution in [0.4, 0.5) is 5.69 Å². The molecule has 33 heavy (non-hydrogen) atoms. The van der Waals surface area contributed by atoms with E-state index >= 15 is 0 Å². The smallest absolute Gasteiger partial charge is 0.280 e. The molecule has 0 saturated carbocycles. The fraction of sp³-hybridized carbons (Fsp3) is 0.259. The molecular weight excluding hydrogens is 414 g/mol. The van der Waals surface area contributed by atoms with Crippen molar-refractivity contribution >= 4 is 17.8 Å². The first kappa shape index (κ1) is 23.9. The Morgan fingerprint density at radius 3 is 2.21 bits per heavy atom. The molecule has 0 aliphatic carbocycles. The van der Waals surface area contributed by atoms with E-state index in [-0.39, 0.29) is 5.91 Å². The maximum absolute atomic E-state index is 12.3. The van der Waals surface area contributed by atoms with Crippen molar-refractivity contribution in [3.05, 3.63) is 90.0 Å². The fourth-order valence-corrected chi connectivity index (χ4v) is 3.23. The number of carbonyl (C=O) groups excluding carboxylic acids is 1. The van der Waals surface area contributed by atoms with Crippen molar-refractivity contribution in [3.63, 3.8) is 0 Å². The first-order valence-corrected chi connectivity index (χ1v) is 11.2. The van der Waals surface area contributed by atoms with Gasteiger partial charge in [0.05, 0.1) is 6.21 Å². The highest BCUT2D eigenvalue weighted by Gasteiger charge is 2.14. The molecule has 0 aliphatic rings. The van der Waals surface area contributed by atoms with Crippen LogP contribution in [0.25, 0.3) is 0 Å². The molecule has 0 heterocycles. The van der Waals surface area contributed by atoms with E-state index in [1.54, 1.807) is 25.3 Å². The second-order valence-corrected chi connectivity index (χ2v) is 7.50. The van der Waals surface area contributed by atoms with Gasteiger partial charge in [-0.15, -0.1) is 0 Å². The minimum atomic E-state index is -0.691. The zero-order valence-electron chi connectivity index (χ0n) is 19.4. The van der Waals surface area contributed by atoms with E-state index in [9.17, 15) is 4.79 Å². The standard InChI is InChI=1S/C27H31N3O3/c1-4-30(5-2)24-13-11-22(12-14-24)19-28-29-27(31)21(3)33-26-17-15-25(16-18-26)32-20-23-9-7-6-8-10-23/h6-19,21H,4-5,20H2,1-3H3,(H,29,31)/b28-19-/t21-/m1/s1. The van der Waals surface area contributed by atoms with E-state index in [4.69, 9.17) is 9.47 Å². The zero-order chi connectivity index (χ0) is 23.5. The van der Waals surface area contributed by atoms with Crippen LogP contribution in [0.5, 0.6) is 11.5 Å². The lowest BCUT2D eigenvalue weighted by molar-refractivity contribution is -0.127. The van der Waals surface area contributed by atoms with Crippen LogP contribution in [0.2, 0.25) is 0 Å². The first-order chi connectivity index (χ1) is 16.1. The van der Waals surface area contributed by atoms with Gasteiger partial charge in [-0.25, -0.2) is 5.43 Å². The lowest BCUT2D eigenvalue weighted by atomic mass is 10.2. The van der Waals surface area contributed by atoms with Crippen molar-refractivity contribution in [3.8, 4) is 11.5 Å². The maximum Gasteiger partial charge on any atom is 0.280 e. The molecular formula is C27H31N3O3. The van der Waals surface area contributed by atoms with E-state index in [0.717, 1.165) is 30.0 Å². The third-order valence-electron chi connectivity index (χ3n) is 5.16. The van der Waals surface area contributed by atoms with Crippen LogP contribution < -0.4 is 19.8 Å². The number of hydrogen-bond acceptors (Lipinski definition) is 5. The van der Waals surface area contributed by atoms with Gasteiger partial charge in [-0.1, -0.05) is 42.5 Å². The minimum Gasteiger partial charge on any atom is -0.489 e. The monoisotopic (exact) mass is 445 g/mol. The van der Waals surface area contributed by atoms with E-state index in [1.165, 1.54) is 5.69 Å². The Morgan fingerprint density at radius 2 is 1.58 bits per heavy atom. The molecule has 0 unspecified atom stereocenters. The second kappa shape index (κ2) is 12.3. The Bertz CT molecular complexity index is 1010. The molecule has 3 aromatic rings. The summed E-state index contributed by atoms with van der Waals surface area (Å²) in [7, 11) is 0. The number of anilines is 1. The molecule has 0 radical (unpaired) electrons. The van der Waals surface area contributed by atoms with Gasteiger partial charge in [0.2, 0.25) is 0 Å². The summed E-state index contributed by atoms with van der Waals surface area (Å²) in [6, 6.07) is 25.2. The summed E-state index contributed by atoms with van der Waals surface area (Å²) in [4.78, 5) is 14.6. The molecule has 0 saturated heterocycles. The largest absolute Gasteiger partial charge is 0.489 e. The van der Waals surface area contributed by atoms with Gasteiger partial charge in [-0.3, -0.25) is 4.79 Å². The van der Waals surface area contributed by atoms with E-state index in [2.05, 4.69) is 41.4 Å². The van der Waals surface area contributed by atoms with Crippen molar-refractivity contribution in [1.82, 2.24) is 5.43 Å². The summed E-state index contributed by atoms with van der Waals surface area (Å²) in [6.45, 7) is 8.36. The molecule has 0 aromatic heterocycles. The van der Waals surface area contributed by atoms with Crippen LogP contribution in [0.15, 0.2) is 84.0 Å². The molecule has 0 fully saturated rings. The number of nitrogens with zero attached hydrogens (tertiary/aromatic N) is 2. The van der Waals surface area contributed by atoms with Crippen LogP contribution in [0, 0.1) is 0 Å². The van der Waals surface area contributed by atoms with Gasteiger partial charge >= 0.3 is 0 Å². The van der Waals surface area contributed by atoms with Crippen LogP contribution in [0.1, 0.15) is 31.9 Å². The van der Waals surface area contributed by atoms with Crippen LogP contribution >= 0.6 is 0 Å². The Morgan fingerprint density at radius 1 is 0.939 bits per heavy atom. The molecule has 1 N–H and O–H groups in total. The lowest BCUT2D eigenvalue weighted by Crippen LogP contribution is -2.33. The van der Waals surface area contributed by atoms with Gasteiger partial charge in [-0.05, 0) is 68.3 Å². The van der Waals surface area contributed by atoms with Gasteiger partial charge in [0.15, 0.2) is 6.10 Å². The van der Waals surface area contributed by atoms with Gasteiger partial charge in [0, 0.05) is 18.8 Å². The summed E-state index contributed by atoms with van der Waals surface area (Å²) in [5.74, 6) is 0.996. The molecule has 6 heteroatoms. The van der Waals surface area contributed by atoms with Crippen LogP contribution in [-0.4, -0.2) is 31.3 Å².